The molecule has 3 heteroatoms. The Labute approximate surface area is 79.8 Å². The van der Waals surface area contributed by atoms with Gasteiger partial charge in [0, 0.05) is 0 Å². The number of thiophene rings is 1. The van der Waals surface area contributed by atoms with E-state index < -0.39 is 0 Å². The lowest BCUT2D eigenvalue weighted by atomic mass is 10.3. The fourth-order valence-electron chi connectivity index (χ4n) is 1.12. The Morgan fingerprint density at radius 2 is 2.15 bits per heavy atom. The molecule has 2 aromatic rings. The van der Waals surface area contributed by atoms with Crippen LogP contribution >= 0.6 is 11.3 Å². The quantitative estimate of drug-likeness (QED) is 0.684. The van der Waals surface area contributed by atoms with E-state index in [1.807, 2.05) is 25.1 Å². The average molecular weight is 192 g/mol. The molecule has 0 bridgehead atoms. The van der Waals surface area contributed by atoms with Crippen molar-refractivity contribution in [3.05, 3.63) is 34.9 Å². The number of rotatable bonds is 2. The molecular formula is C10H8O2S. The van der Waals surface area contributed by atoms with Gasteiger partial charge in [-0.25, -0.2) is 0 Å². The third-order valence-corrected chi connectivity index (χ3v) is 2.75. The maximum Gasteiger partial charge on any atom is 0.160 e. The number of hydrogen-bond donors (Lipinski definition) is 0. The molecule has 66 valence electrons. The molecule has 0 aromatic carbocycles. The van der Waals surface area contributed by atoms with Crippen LogP contribution in [0.4, 0.5) is 0 Å². The second-order valence-electron chi connectivity index (χ2n) is 2.73. The predicted octanol–water partition coefficient (Wildman–Crippen LogP) is 3.13. The zero-order valence-corrected chi connectivity index (χ0v) is 7.93. The molecule has 2 aromatic heterocycles. The van der Waals surface area contributed by atoms with Gasteiger partial charge in [-0.3, -0.25) is 4.79 Å². The van der Waals surface area contributed by atoms with Gasteiger partial charge < -0.3 is 4.42 Å². The molecule has 0 N–H and O–H groups in total. The van der Waals surface area contributed by atoms with Crippen LogP contribution in [0.15, 0.2) is 28.7 Å². The number of hydrogen-bond acceptors (Lipinski definition) is 3. The first-order valence-corrected chi connectivity index (χ1v) is 4.73. The summed E-state index contributed by atoms with van der Waals surface area (Å²) < 4.78 is 5.42. The molecule has 0 aliphatic heterocycles. The van der Waals surface area contributed by atoms with Gasteiger partial charge in [0.15, 0.2) is 6.29 Å². The van der Waals surface area contributed by atoms with E-state index in [2.05, 4.69) is 0 Å². The third-order valence-electron chi connectivity index (χ3n) is 1.73. The van der Waals surface area contributed by atoms with Crippen LogP contribution in [0.5, 0.6) is 0 Å². The highest BCUT2D eigenvalue weighted by Crippen LogP contribution is 2.28. The van der Waals surface area contributed by atoms with Crippen molar-refractivity contribution in [3.63, 3.8) is 0 Å². The van der Waals surface area contributed by atoms with Gasteiger partial charge in [-0.1, -0.05) is 0 Å². The highest BCUT2D eigenvalue weighted by atomic mass is 32.1. The smallest absolute Gasteiger partial charge is 0.160 e. The van der Waals surface area contributed by atoms with Crippen LogP contribution in [0.25, 0.3) is 10.6 Å². The molecule has 0 radical (unpaired) electrons. The largest absolute Gasteiger partial charge is 0.461 e. The van der Waals surface area contributed by atoms with E-state index in [0.717, 1.165) is 27.6 Å². The SMILES string of the molecule is Cc1ccc(-c2ccc(C=O)s2)o1. The molecule has 0 spiro atoms. The standard InChI is InChI=1S/C10H8O2S/c1-7-2-4-9(12-7)10-5-3-8(6-11)13-10/h2-6H,1H3. The molecule has 0 saturated heterocycles. The molecular weight excluding hydrogens is 184 g/mol. The van der Waals surface area contributed by atoms with Crippen LogP contribution in [0.2, 0.25) is 0 Å². The maximum atomic E-state index is 10.4. The van der Waals surface area contributed by atoms with Crippen LogP contribution in [0.1, 0.15) is 15.4 Å². The summed E-state index contributed by atoms with van der Waals surface area (Å²) >= 11 is 1.44. The molecule has 2 rings (SSSR count). The van der Waals surface area contributed by atoms with Crippen molar-refractivity contribution in [1.29, 1.82) is 0 Å². The monoisotopic (exact) mass is 192 g/mol. The molecule has 0 amide bonds. The molecule has 0 unspecified atom stereocenters. The summed E-state index contributed by atoms with van der Waals surface area (Å²) in [6, 6.07) is 7.52. The van der Waals surface area contributed by atoms with Gasteiger partial charge in [0.25, 0.3) is 0 Å². The van der Waals surface area contributed by atoms with Gasteiger partial charge in [0.05, 0.1) is 9.75 Å². The summed E-state index contributed by atoms with van der Waals surface area (Å²) in [5.74, 6) is 1.71. The van der Waals surface area contributed by atoms with Crippen LogP contribution in [-0.2, 0) is 0 Å². The highest BCUT2D eigenvalue weighted by Gasteiger charge is 2.05. The van der Waals surface area contributed by atoms with Gasteiger partial charge in [0.2, 0.25) is 0 Å². The molecule has 2 heterocycles. The van der Waals surface area contributed by atoms with Crippen LogP contribution < -0.4 is 0 Å². The fraction of sp³-hybridized carbons (Fsp3) is 0.100. The molecule has 0 fully saturated rings. The Morgan fingerprint density at radius 3 is 2.69 bits per heavy atom. The number of carbonyl (C=O) groups excluding carboxylic acids is 1. The Kier molecular flexibility index (Phi) is 2.02. The molecule has 0 aliphatic carbocycles. The minimum Gasteiger partial charge on any atom is -0.461 e. The first-order chi connectivity index (χ1) is 6.29. The Bertz CT molecular complexity index is 426. The van der Waals surface area contributed by atoms with Crippen molar-refractivity contribution in [3.8, 4) is 10.6 Å². The van der Waals surface area contributed by atoms with Crippen LogP contribution in [0, 0.1) is 6.92 Å². The maximum absolute atomic E-state index is 10.4. The molecule has 13 heavy (non-hydrogen) atoms. The first kappa shape index (κ1) is 8.26. The Hall–Kier alpha value is -1.35. The van der Waals surface area contributed by atoms with Crippen molar-refractivity contribution in [2.45, 2.75) is 6.92 Å². The van der Waals surface area contributed by atoms with E-state index in [0.29, 0.717) is 0 Å². The van der Waals surface area contributed by atoms with Crippen LogP contribution in [-0.4, -0.2) is 6.29 Å². The van der Waals surface area contributed by atoms with Crippen molar-refractivity contribution in [1.82, 2.24) is 0 Å². The number of aryl methyl sites for hydroxylation is 1. The summed E-state index contributed by atoms with van der Waals surface area (Å²) in [7, 11) is 0. The summed E-state index contributed by atoms with van der Waals surface area (Å²) in [6.07, 6.45) is 0.851. The number of furan rings is 1. The van der Waals surface area contributed by atoms with Crippen molar-refractivity contribution in [2.24, 2.45) is 0 Å². The second kappa shape index (κ2) is 3.18. The lowest BCUT2D eigenvalue weighted by molar-refractivity contribution is 0.112. The van der Waals surface area contributed by atoms with Gasteiger partial charge in [-0.05, 0) is 31.2 Å². The van der Waals surface area contributed by atoms with E-state index in [1.54, 1.807) is 6.07 Å². The zero-order valence-electron chi connectivity index (χ0n) is 7.11. The molecule has 0 aliphatic rings. The summed E-state index contributed by atoms with van der Waals surface area (Å²) in [6.45, 7) is 1.90. The number of carbonyl (C=O) groups is 1. The van der Waals surface area contributed by atoms with E-state index in [1.165, 1.54) is 11.3 Å². The van der Waals surface area contributed by atoms with Gasteiger partial charge in [0.1, 0.15) is 11.5 Å². The Morgan fingerprint density at radius 1 is 1.31 bits per heavy atom. The molecule has 2 nitrogen and oxygen atoms in total. The molecule has 0 saturated carbocycles. The average Bonchev–Trinajstić information content (AvgIpc) is 2.71. The van der Waals surface area contributed by atoms with Crippen molar-refractivity contribution < 1.29 is 9.21 Å². The minimum atomic E-state index is 0.726. The van der Waals surface area contributed by atoms with Gasteiger partial charge in [-0.15, -0.1) is 11.3 Å². The van der Waals surface area contributed by atoms with Crippen molar-refractivity contribution in [2.75, 3.05) is 0 Å². The van der Waals surface area contributed by atoms with E-state index in [4.69, 9.17) is 4.42 Å². The predicted molar refractivity (Wildman–Crippen MR) is 52.1 cm³/mol. The lowest BCUT2D eigenvalue weighted by Gasteiger charge is -1.87. The van der Waals surface area contributed by atoms with Gasteiger partial charge in [-0.2, -0.15) is 0 Å². The minimum absolute atomic E-state index is 0.726. The fourth-order valence-corrected chi connectivity index (χ4v) is 1.90. The second-order valence-corrected chi connectivity index (χ2v) is 3.85. The highest BCUT2D eigenvalue weighted by molar-refractivity contribution is 7.16. The Balaban J connectivity index is 2.40. The lowest BCUT2D eigenvalue weighted by Crippen LogP contribution is -1.63. The van der Waals surface area contributed by atoms with E-state index in [-0.39, 0.29) is 0 Å². The van der Waals surface area contributed by atoms with E-state index >= 15 is 0 Å². The van der Waals surface area contributed by atoms with E-state index in [9.17, 15) is 4.79 Å². The zero-order chi connectivity index (χ0) is 9.26. The normalized spacial score (nSPS) is 10.2. The number of aldehydes is 1. The first-order valence-electron chi connectivity index (χ1n) is 3.91. The third kappa shape index (κ3) is 1.55. The molecule has 0 atom stereocenters. The van der Waals surface area contributed by atoms with Crippen LogP contribution in [0.3, 0.4) is 0 Å². The van der Waals surface area contributed by atoms with Crippen molar-refractivity contribution >= 4 is 17.6 Å². The van der Waals surface area contributed by atoms with Gasteiger partial charge >= 0.3 is 0 Å². The topological polar surface area (TPSA) is 30.2 Å². The summed E-state index contributed by atoms with van der Waals surface area (Å²) in [5, 5.41) is 0. The summed E-state index contributed by atoms with van der Waals surface area (Å²) in [4.78, 5) is 12.2. The summed E-state index contributed by atoms with van der Waals surface area (Å²) in [5.41, 5.74) is 0.